The highest BCUT2D eigenvalue weighted by Gasteiger charge is 2.36. The van der Waals surface area contributed by atoms with Crippen LogP contribution >= 0.6 is 0 Å². The fourth-order valence-corrected chi connectivity index (χ4v) is 1.14. The average Bonchev–Trinajstić information content (AvgIpc) is 2.42. The van der Waals surface area contributed by atoms with E-state index >= 15 is 0 Å². The molecule has 0 aliphatic rings. The summed E-state index contributed by atoms with van der Waals surface area (Å²) < 4.78 is 59.2. The first-order chi connectivity index (χ1) is 11.0. The zero-order valence-electron chi connectivity index (χ0n) is 15.4. The SMILES string of the molecule is C=C(C)C(=O)OC(C)C(C)(F)F.C=C(C)C(=O)OC(CC)C(C)(F)F. The molecule has 0 aromatic rings. The van der Waals surface area contributed by atoms with Gasteiger partial charge in [-0.2, -0.15) is 0 Å². The Balaban J connectivity index is 0. The average molecular weight is 370 g/mol. The zero-order valence-corrected chi connectivity index (χ0v) is 15.4. The van der Waals surface area contributed by atoms with Crippen LogP contribution in [0.4, 0.5) is 17.6 Å². The van der Waals surface area contributed by atoms with Crippen molar-refractivity contribution in [3.05, 3.63) is 24.3 Å². The van der Waals surface area contributed by atoms with Gasteiger partial charge in [0.2, 0.25) is 0 Å². The second-order valence-corrected chi connectivity index (χ2v) is 5.82. The summed E-state index contributed by atoms with van der Waals surface area (Å²) in [5.74, 6) is -7.57. The van der Waals surface area contributed by atoms with Crippen molar-refractivity contribution in [3.8, 4) is 0 Å². The quantitative estimate of drug-likeness (QED) is 0.371. The molecule has 0 spiro atoms. The van der Waals surface area contributed by atoms with E-state index in [1.165, 1.54) is 20.8 Å². The van der Waals surface area contributed by atoms with Gasteiger partial charge in [0, 0.05) is 25.0 Å². The molecule has 4 nitrogen and oxygen atoms in total. The predicted molar refractivity (Wildman–Crippen MR) is 86.6 cm³/mol. The molecular weight excluding hydrogens is 344 g/mol. The molecule has 0 bridgehead atoms. The molecule has 8 heteroatoms. The normalized spacial score (nSPS) is 13.7. The fraction of sp³-hybridized carbons (Fsp3) is 0.647. The molecule has 0 saturated carbocycles. The second kappa shape index (κ2) is 10.2. The summed E-state index contributed by atoms with van der Waals surface area (Å²) in [6.45, 7) is 13.5. The van der Waals surface area contributed by atoms with Gasteiger partial charge in [0.15, 0.2) is 12.2 Å². The Labute approximate surface area is 145 Å². The monoisotopic (exact) mass is 370 g/mol. The van der Waals surface area contributed by atoms with Crippen molar-refractivity contribution in [2.45, 2.75) is 72.0 Å². The lowest BCUT2D eigenvalue weighted by atomic mass is 10.1. The zero-order chi connectivity index (χ0) is 20.6. The minimum absolute atomic E-state index is 0.0858. The lowest BCUT2D eigenvalue weighted by Gasteiger charge is -2.22. The molecule has 0 rings (SSSR count). The third-order valence-corrected chi connectivity index (χ3v) is 2.88. The summed E-state index contributed by atoms with van der Waals surface area (Å²) in [5, 5.41) is 0. The van der Waals surface area contributed by atoms with E-state index in [1.807, 2.05) is 0 Å². The topological polar surface area (TPSA) is 52.6 Å². The molecule has 0 aromatic carbocycles. The van der Waals surface area contributed by atoms with Crippen LogP contribution in [-0.2, 0) is 19.1 Å². The molecule has 2 unspecified atom stereocenters. The lowest BCUT2D eigenvalue weighted by Crippen LogP contribution is -2.34. The number of carbonyl (C=O) groups is 2. The van der Waals surface area contributed by atoms with E-state index in [1.54, 1.807) is 0 Å². The molecule has 0 amide bonds. The van der Waals surface area contributed by atoms with Gasteiger partial charge in [-0.15, -0.1) is 0 Å². The molecule has 0 aliphatic heterocycles. The van der Waals surface area contributed by atoms with Crippen LogP contribution in [0, 0.1) is 0 Å². The molecule has 146 valence electrons. The van der Waals surface area contributed by atoms with E-state index in [0.29, 0.717) is 6.92 Å². The van der Waals surface area contributed by atoms with Gasteiger partial charge in [-0.1, -0.05) is 20.1 Å². The van der Waals surface area contributed by atoms with E-state index in [2.05, 4.69) is 22.6 Å². The molecule has 0 heterocycles. The minimum Gasteiger partial charge on any atom is -0.453 e. The van der Waals surface area contributed by atoms with Crippen LogP contribution in [0.2, 0.25) is 0 Å². The van der Waals surface area contributed by atoms with Crippen LogP contribution in [-0.4, -0.2) is 36.0 Å². The van der Waals surface area contributed by atoms with Crippen molar-refractivity contribution in [1.29, 1.82) is 0 Å². The Morgan fingerprint density at radius 1 is 0.920 bits per heavy atom. The Kier molecular flexibility index (Phi) is 10.4. The van der Waals surface area contributed by atoms with Crippen LogP contribution < -0.4 is 0 Å². The summed E-state index contributed by atoms with van der Waals surface area (Å²) in [4.78, 5) is 21.6. The van der Waals surface area contributed by atoms with Crippen molar-refractivity contribution in [3.63, 3.8) is 0 Å². The predicted octanol–water partition coefficient (Wildman–Crippen LogP) is 4.69. The second-order valence-electron chi connectivity index (χ2n) is 5.82. The first-order valence-corrected chi connectivity index (χ1v) is 7.52. The van der Waals surface area contributed by atoms with Crippen LogP contribution in [0.3, 0.4) is 0 Å². The standard InChI is InChI=1S/C9H14F2O2.C8H12F2O2/c1-5-7(9(4,10)11)13-8(12)6(2)3;1-5(2)7(11)12-6(3)8(4,9)10/h7H,2,5H2,1,3-4H3;6H,1H2,2-4H3. The van der Waals surface area contributed by atoms with E-state index in [4.69, 9.17) is 0 Å². The maximum atomic E-state index is 12.7. The Morgan fingerprint density at radius 3 is 1.52 bits per heavy atom. The van der Waals surface area contributed by atoms with E-state index in [-0.39, 0.29) is 17.6 Å². The minimum atomic E-state index is -3.01. The van der Waals surface area contributed by atoms with Crippen molar-refractivity contribution in [2.24, 2.45) is 0 Å². The van der Waals surface area contributed by atoms with Gasteiger partial charge in [-0.05, 0) is 27.2 Å². The molecule has 0 N–H and O–H groups in total. The molecule has 0 aliphatic carbocycles. The van der Waals surface area contributed by atoms with Gasteiger partial charge < -0.3 is 9.47 Å². The smallest absolute Gasteiger partial charge is 0.333 e. The van der Waals surface area contributed by atoms with Crippen LogP contribution in [0.25, 0.3) is 0 Å². The molecule has 25 heavy (non-hydrogen) atoms. The van der Waals surface area contributed by atoms with Crippen molar-refractivity contribution in [2.75, 3.05) is 0 Å². The molecule has 0 saturated heterocycles. The van der Waals surface area contributed by atoms with Crippen LogP contribution in [0.15, 0.2) is 24.3 Å². The number of carbonyl (C=O) groups excluding carboxylic acids is 2. The number of rotatable bonds is 7. The maximum Gasteiger partial charge on any atom is 0.333 e. The highest BCUT2D eigenvalue weighted by Crippen LogP contribution is 2.23. The number of halogens is 4. The number of ether oxygens (including phenoxy) is 2. The van der Waals surface area contributed by atoms with Crippen molar-refractivity contribution < 1.29 is 36.6 Å². The largest absolute Gasteiger partial charge is 0.453 e. The molecule has 0 fully saturated rings. The molecular formula is C17H26F4O4. The highest BCUT2D eigenvalue weighted by atomic mass is 19.3. The fourth-order valence-electron chi connectivity index (χ4n) is 1.14. The number of alkyl halides is 4. The van der Waals surface area contributed by atoms with Crippen molar-refractivity contribution >= 4 is 11.9 Å². The summed E-state index contributed by atoms with van der Waals surface area (Å²) >= 11 is 0. The summed E-state index contributed by atoms with van der Waals surface area (Å²) in [7, 11) is 0. The molecule has 0 radical (unpaired) electrons. The number of esters is 2. The molecule has 2 atom stereocenters. The number of hydrogen-bond acceptors (Lipinski definition) is 4. The van der Waals surface area contributed by atoms with Crippen LogP contribution in [0.1, 0.15) is 48.0 Å². The lowest BCUT2D eigenvalue weighted by molar-refractivity contribution is -0.166. The van der Waals surface area contributed by atoms with E-state index < -0.39 is 36.0 Å². The van der Waals surface area contributed by atoms with Gasteiger partial charge in [0.1, 0.15) is 0 Å². The van der Waals surface area contributed by atoms with Gasteiger partial charge in [0.25, 0.3) is 11.8 Å². The van der Waals surface area contributed by atoms with Crippen LogP contribution in [0.5, 0.6) is 0 Å². The first kappa shape index (κ1) is 25.4. The van der Waals surface area contributed by atoms with Crippen molar-refractivity contribution in [1.82, 2.24) is 0 Å². The van der Waals surface area contributed by atoms with Gasteiger partial charge in [-0.3, -0.25) is 0 Å². The summed E-state index contributed by atoms with van der Waals surface area (Å²) in [6, 6.07) is 0. The van der Waals surface area contributed by atoms with Gasteiger partial charge in [0.05, 0.1) is 0 Å². The Morgan fingerprint density at radius 2 is 1.28 bits per heavy atom. The third kappa shape index (κ3) is 11.3. The summed E-state index contributed by atoms with van der Waals surface area (Å²) in [5.41, 5.74) is 0.244. The maximum absolute atomic E-state index is 12.7. The van der Waals surface area contributed by atoms with Gasteiger partial charge in [-0.25, -0.2) is 27.2 Å². The highest BCUT2D eigenvalue weighted by molar-refractivity contribution is 5.87. The van der Waals surface area contributed by atoms with E-state index in [0.717, 1.165) is 13.8 Å². The molecule has 0 aromatic heterocycles. The number of hydrogen-bond donors (Lipinski definition) is 0. The Hall–Kier alpha value is -1.86. The third-order valence-electron chi connectivity index (χ3n) is 2.88. The first-order valence-electron chi connectivity index (χ1n) is 7.52. The summed E-state index contributed by atoms with van der Waals surface area (Å²) in [6.07, 6.45) is -2.69. The van der Waals surface area contributed by atoms with E-state index in [9.17, 15) is 27.2 Å². The van der Waals surface area contributed by atoms with Gasteiger partial charge >= 0.3 is 11.9 Å². The Bertz CT molecular complexity index is 490.